The van der Waals surface area contributed by atoms with Crippen LogP contribution >= 0.6 is 0 Å². The van der Waals surface area contributed by atoms with Crippen LogP contribution in [0.5, 0.6) is 0 Å². The maximum atomic E-state index is 6.41. The quantitative estimate of drug-likeness (QED) is 0.190. The van der Waals surface area contributed by atoms with Crippen LogP contribution in [0, 0.1) is 0 Å². The second-order valence-corrected chi connectivity index (χ2v) is 15.2. The molecule has 1 aliphatic rings. The van der Waals surface area contributed by atoms with Crippen molar-refractivity contribution >= 4 is 71.5 Å². The molecule has 0 bridgehead atoms. The number of nitrogens with zero attached hydrogens (tertiary/aromatic N) is 3. The van der Waals surface area contributed by atoms with Gasteiger partial charge in [0.05, 0.1) is 11.0 Å². The van der Waals surface area contributed by atoms with Gasteiger partial charge in [0, 0.05) is 49.1 Å². The van der Waals surface area contributed by atoms with E-state index in [4.69, 9.17) is 13.8 Å². The molecule has 1 aliphatic heterocycles. The predicted octanol–water partition coefficient (Wildman–Crippen LogP) is 12.9. The van der Waals surface area contributed by atoms with Crippen molar-refractivity contribution in [3.63, 3.8) is 0 Å². The molecule has 0 amide bonds. The van der Waals surface area contributed by atoms with E-state index in [0.717, 1.165) is 99.6 Å². The van der Waals surface area contributed by atoms with Crippen LogP contribution < -0.4 is 5.32 Å². The molecule has 0 saturated heterocycles. The Labute approximate surface area is 333 Å². The van der Waals surface area contributed by atoms with Crippen molar-refractivity contribution in [2.24, 2.45) is 4.99 Å². The Bertz CT molecular complexity index is 3410. The summed E-state index contributed by atoms with van der Waals surface area (Å²) in [5, 5.41) is 10.6. The first-order valence-electron chi connectivity index (χ1n) is 19.7. The number of hydrogen-bond donors (Lipinski definition) is 1. The number of para-hydroxylation sites is 3. The lowest BCUT2D eigenvalue weighted by Crippen LogP contribution is -2.46. The zero-order valence-corrected chi connectivity index (χ0v) is 31.6. The molecule has 58 heavy (non-hydrogen) atoms. The average Bonchev–Trinajstić information content (AvgIpc) is 3.95. The fraction of sp³-hybridized carbons (Fsp3) is 0.0577. The van der Waals surface area contributed by atoms with Crippen molar-refractivity contribution in [2.45, 2.75) is 12.3 Å². The van der Waals surface area contributed by atoms with Crippen LogP contribution in [-0.2, 0) is 0 Å². The molecule has 0 radical (unpaired) electrons. The average molecular weight is 749 g/mol. The van der Waals surface area contributed by atoms with E-state index in [-0.39, 0.29) is 12.3 Å². The smallest absolute Gasteiger partial charge is 0.136 e. The Morgan fingerprint density at radius 3 is 1.95 bits per heavy atom. The maximum absolute atomic E-state index is 6.41. The number of furan rings is 2. The molecule has 11 aromatic rings. The van der Waals surface area contributed by atoms with E-state index in [1.807, 2.05) is 30.3 Å². The first-order chi connectivity index (χ1) is 28.7. The number of aliphatic imine (C=N–C) groups is 1. The largest absolute Gasteiger partial charge is 0.456 e. The van der Waals surface area contributed by atoms with Gasteiger partial charge >= 0.3 is 0 Å². The third-order valence-electron chi connectivity index (χ3n) is 11.9. The number of hydrogen-bond acceptors (Lipinski definition) is 5. The molecule has 0 fully saturated rings. The fourth-order valence-electron chi connectivity index (χ4n) is 9.19. The molecule has 2 atom stereocenters. The highest BCUT2D eigenvalue weighted by Crippen LogP contribution is 2.43. The third kappa shape index (κ3) is 5.05. The molecule has 6 heteroatoms. The minimum Gasteiger partial charge on any atom is -0.456 e. The zero-order valence-electron chi connectivity index (χ0n) is 31.6. The zero-order chi connectivity index (χ0) is 38.3. The molecule has 6 nitrogen and oxygen atoms in total. The lowest BCUT2D eigenvalue weighted by molar-refractivity contribution is 0.153. The van der Waals surface area contributed by atoms with Crippen LogP contribution in [0.15, 0.2) is 196 Å². The monoisotopic (exact) mass is 748 g/mol. The summed E-state index contributed by atoms with van der Waals surface area (Å²) in [4.78, 5) is 7.90. The van der Waals surface area contributed by atoms with Gasteiger partial charge in [-0.1, -0.05) is 127 Å². The predicted molar refractivity (Wildman–Crippen MR) is 237 cm³/mol. The van der Waals surface area contributed by atoms with Crippen molar-refractivity contribution in [1.29, 1.82) is 0 Å². The van der Waals surface area contributed by atoms with Crippen LogP contribution in [0.2, 0.25) is 0 Å². The first kappa shape index (κ1) is 32.8. The van der Waals surface area contributed by atoms with Crippen molar-refractivity contribution in [3.8, 4) is 16.8 Å². The van der Waals surface area contributed by atoms with E-state index in [2.05, 4.69) is 173 Å². The maximum Gasteiger partial charge on any atom is 0.136 e. The van der Waals surface area contributed by atoms with Gasteiger partial charge in [-0.25, -0.2) is 4.99 Å². The van der Waals surface area contributed by atoms with E-state index in [9.17, 15) is 0 Å². The molecule has 8 aromatic carbocycles. The molecule has 0 saturated carbocycles. The van der Waals surface area contributed by atoms with Crippen LogP contribution in [0.3, 0.4) is 0 Å². The highest BCUT2D eigenvalue weighted by Gasteiger charge is 2.34. The van der Waals surface area contributed by atoms with Crippen LogP contribution in [0.25, 0.3) is 82.5 Å². The summed E-state index contributed by atoms with van der Waals surface area (Å²) < 4.78 is 15.2. The van der Waals surface area contributed by atoms with Crippen molar-refractivity contribution in [2.75, 3.05) is 7.05 Å². The first-order valence-corrected chi connectivity index (χ1v) is 19.7. The van der Waals surface area contributed by atoms with Crippen LogP contribution in [-0.4, -0.2) is 22.4 Å². The highest BCUT2D eigenvalue weighted by molar-refractivity contribution is 6.17. The van der Waals surface area contributed by atoms with Crippen molar-refractivity contribution in [3.05, 3.63) is 199 Å². The Morgan fingerprint density at radius 1 is 0.483 bits per heavy atom. The van der Waals surface area contributed by atoms with E-state index in [0.29, 0.717) is 0 Å². The minimum absolute atomic E-state index is 0.220. The molecule has 12 rings (SSSR count). The fourth-order valence-corrected chi connectivity index (χ4v) is 9.19. The van der Waals surface area contributed by atoms with Gasteiger partial charge in [-0.15, -0.1) is 0 Å². The number of amidine groups is 1. The van der Waals surface area contributed by atoms with Gasteiger partial charge in [-0.3, -0.25) is 4.90 Å². The van der Waals surface area contributed by atoms with Gasteiger partial charge in [0.15, 0.2) is 0 Å². The van der Waals surface area contributed by atoms with Gasteiger partial charge in [0.2, 0.25) is 0 Å². The van der Waals surface area contributed by atoms with Crippen LogP contribution in [0.4, 0.5) is 0 Å². The normalized spacial score (nSPS) is 16.2. The lowest BCUT2D eigenvalue weighted by atomic mass is 9.97. The summed E-state index contributed by atoms with van der Waals surface area (Å²) >= 11 is 0. The molecule has 1 N–H and O–H groups in total. The summed E-state index contributed by atoms with van der Waals surface area (Å²) in [6.45, 7) is 0. The lowest BCUT2D eigenvalue weighted by Gasteiger charge is -2.40. The second kappa shape index (κ2) is 12.8. The molecular weight excluding hydrogens is 713 g/mol. The number of fused-ring (bicyclic) bond motifs is 9. The number of nitrogens with one attached hydrogen (secondary N) is 1. The topological polar surface area (TPSA) is 58.8 Å². The van der Waals surface area contributed by atoms with E-state index >= 15 is 0 Å². The molecule has 2 unspecified atom stereocenters. The molecule has 0 aliphatic carbocycles. The second-order valence-electron chi connectivity index (χ2n) is 15.2. The Morgan fingerprint density at radius 2 is 1.14 bits per heavy atom. The SMILES string of the molecule is CN1C(c2cc(-c3ccccc3)cc(-n3c4ccccc4c4cc5oc6ccccc6c5cc43)c2)N=C(c2ccccc2)NC1c1cccc2oc3ccccc3c12. The van der Waals surface area contributed by atoms with E-state index < -0.39 is 0 Å². The molecule has 276 valence electrons. The number of benzene rings is 8. The summed E-state index contributed by atoms with van der Waals surface area (Å²) in [6.07, 6.45) is -0.558. The summed E-state index contributed by atoms with van der Waals surface area (Å²) in [7, 11) is 2.17. The van der Waals surface area contributed by atoms with Crippen molar-refractivity contribution in [1.82, 2.24) is 14.8 Å². The summed E-state index contributed by atoms with van der Waals surface area (Å²) in [6, 6.07) is 64.3. The Kier molecular flexibility index (Phi) is 7.25. The Hall–Kier alpha value is -7.41. The minimum atomic E-state index is -0.338. The highest BCUT2D eigenvalue weighted by atomic mass is 16.3. The van der Waals surface area contributed by atoms with Gasteiger partial charge in [0.25, 0.3) is 0 Å². The molecule has 3 aromatic heterocycles. The number of aromatic nitrogens is 1. The number of rotatable bonds is 5. The Balaban J connectivity index is 1.11. The molecule has 4 heterocycles. The molecular formula is C52H36N4O2. The standard InChI is InChI=1S/C52H36N4O2/c1-55-51(53-50(33-17-6-3-7-18-33)54-52(55)40-22-14-26-47-49(40)39-21-10-13-25-46(39)57-47)35-27-34(32-15-4-2-5-16-32)28-36(29-35)56-43-23-11-8-19-37(43)41-31-48-42(30-44(41)56)38-20-9-12-24-45(38)58-48/h2-31,51-52H,1H3,(H,53,54). The molecule has 0 spiro atoms. The summed E-state index contributed by atoms with van der Waals surface area (Å²) in [5.74, 6) is 0.844. The van der Waals surface area contributed by atoms with Crippen molar-refractivity contribution < 1.29 is 8.83 Å². The van der Waals surface area contributed by atoms with E-state index in [1.165, 1.54) is 5.39 Å². The van der Waals surface area contributed by atoms with E-state index in [1.54, 1.807) is 0 Å². The van der Waals surface area contributed by atoms with Gasteiger partial charge in [-0.2, -0.15) is 0 Å². The van der Waals surface area contributed by atoms with Gasteiger partial charge in [-0.05, 0) is 78.3 Å². The van der Waals surface area contributed by atoms with Crippen LogP contribution in [0.1, 0.15) is 29.0 Å². The van der Waals surface area contributed by atoms with Gasteiger partial charge in [0.1, 0.15) is 40.5 Å². The van der Waals surface area contributed by atoms with Gasteiger partial charge < -0.3 is 18.7 Å². The third-order valence-corrected chi connectivity index (χ3v) is 11.9. The summed E-state index contributed by atoms with van der Waals surface area (Å²) in [5.41, 5.74) is 12.4.